The van der Waals surface area contributed by atoms with Gasteiger partial charge in [0.2, 0.25) is 0 Å². The molecule has 0 aliphatic rings. The Morgan fingerprint density at radius 2 is 2.07 bits per heavy atom. The van der Waals surface area contributed by atoms with Gasteiger partial charge in [-0.15, -0.1) is 0 Å². The number of hydrogen-bond acceptors (Lipinski definition) is 4. The number of nitrogens with zero attached hydrogens (tertiary/aromatic N) is 1. The molecule has 1 heterocycles. The van der Waals surface area contributed by atoms with E-state index in [1.54, 1.807) is 0 Å². The van der Waals surface area contributed by atoms with Crippen molar-refractivity contribution in [3.63, 3.8) is 0 Å². The maximum absolute atomic E-state index is 11.2. The van der Waals surface area contributed by atoms with Crippen LogP contribution < -0.4 is 11.2 Å². The van der Waals surface area contributed by atoms with Crippen LogP contribution >= 0.6 is 0 Å². The third kappa shape index (κ3) is 2.54. The van der Waals surface area contributed by atoms with Gasteiger partial charge in [-0.3, -0.25) is 14.3 Å². The van der Waals surface area contributed by atoms with Crippen molar-refractivity contribution in [1.82, 2.24) is 9.55 Å². The number of ether oxygens (including phenoxy) is 2. The van der Waals surface area contributed by atoms with E-state index in [2.05, 4.69) is 4.98 Å². The molecule has 0 amide bonds. The Kier molecular flexibility index (Phi) is 3.61. The maximum Gasteiger partial charge on any atom is 0.328 e. The Hall–Kier alpha value is -1.40. The first-order valence-corrected chi connectivity index (χ1v) is 4.02. The van der Waals surface area contributed by atoms with Crippen molar-refractivity contribution in [2.75, 3.05) is 14.2 Å². The number of aromatic amines is 1. The van der Waals surface area contributed by atoms with Gasteiger partial charge in [-0.2, -0.15) is 0 Å². The molecular weight excluding hydrogens is 188 g/mol. The lowest BCUT2D eigenvalue weighted by atomic mass is 10.5. The Bertz CT molecular complexity index is 391. The molecule has 1 rings (SSSR count). The molecule has 1 aromatic heterocycles. The Morgan fingerprint density at radius 3 is 2.57 bits per heavy atom. The zero-order valence-corrected chi connectivity index (χ0v) is 8.02. The highest BCUT2D eigenvalue weighted by Gasteiger charge is 2.06. The van der Waals surface area contributed by atoms with Crippen LogP contribution in [0, 0.1) is 0 Å². The Labute approximate surface area is 80.1 Å². The molecule has 6 nitrogen and oxygen atoms in total. The van der Waals surface area contributed by atoms with Gasteiger partial charge in [-0.1, -0.05) is 0 Å². The second-order valence-corrected chi connectivity index (χ2v) is 2.66. The van der Waals surface area contributed by atoms with Crippen molar-refractivity contribution in [3.05, 3.63) is 33.1 Å². The molecule has 0 saturated heterocycles. The predicted octanol–water partition coefficient (Wildman–Crippen LogP) is -0.845. The van der Waals surface area contributed by atoms with Crippen LogP contribution in [0.1, 0.15) is 0 Å². The molecule has 78 valence electrons. The highest BCUT2D eigenvalue weighted by atomic mass is 16.7. The van der Waals surface area contributed by atoms with Crippen LogP contribution in [-0.2, 0) is 16.0 Å². The van der Waals surface area contributed by atoms with Crippen molar-refractivity contribution in [3.8, 4) is 0 Å². The van der Waals surface area contributed by atoms with Gasteiger partial charge in [0.25, 0.3) is 5.56 Å². The lowest BCUT2D eigenvalue weighted by Crippen LogP contribution is -2.33. The van der Waals surface area contributed by atoms with Crippen molar-refractivity contribution < 1.29 is 9.47 Å². The van der Waals surface area contributed by atoms with Gasteiger partial charge in [-0.05, 0) is 0 Å². The number of nitrogens with one attached hydrogen (secondary N) is 1. The number of aromatic nitrogens is 2. The molecule has 0 aliphatic carbocycles. The lowest BCUT2D eigenvalue weighted by Gasteiger charge is -2.13. The summed E-state index contributed by atoms with van der Waals surface area (Å²) >= 11 is 0. The molecule has 1 aromatic rings. The second-order valence-electron chi connectivity index (χ2n) is 2.66. The largest absolute Gasteiger partial charge is 0.354 e. The van der Waals surface area contributed by atoms with E-state index < -0.39 is 17.5 Å². The molecule has 0 saturated carbocycles. The first-order valence-electron chi connectivity index (χ1n) is 4.02. The zero-order valence-electron chi connectivity index (χ0n) is 8.02. The van der Waals surface area contributed by atoms with Gasteiger partial charge >= 0.3 is 5.69 Å². The van der Waals surface area contributed by atoms with Gasteiger partial charge in [0, 0.05) is 26.5 Å². The third-order valence-electron chi connectivity index (χ3n) is 1.77. The summed E-state index contributed by atoms with van der Waals surface area (Å²) in [5.74, 6) is 0. The highest BCUT2D eigenvalue weighted by molar-refractivity contribution is 4.82. The van der Waals surface area contributed by atoms with E-state index in [9.17, 15) is 9.59 Å². The SMILES string of the molecule is COC(Cn1ccc(=O)[nH]c1=O)OC. The summed E-state index contributed by atoms with van der Waals surface area (Å²) in [4.78, 5) is 24.1. The smallest absolute Gasteiger partial charge is 0.328 e. The fourth-order valence-corrected chi connectivity index (χ4v) is 0.994. The summed E-state index contributed by atoms with van der Waals surface area (Å²) in [5.41, 5.74) is -0.894. The molecule has 0 fully saturated rings. The number of rotatable bonds is 4. The Morgan fingerprint density at radius 1 is 1.43 bits per heavy atom. The summed E-state index contributed by atoms with van der Waals surface area (Å²) in [6.07, 6.45) is 0.894. The average Bonchev–Trinajstić information content (AvgIpc) is 2.17. The summed E-state index contributed by atoms with van der Waals surface area (Å²) in [5, 5.41) is 0. The van der Waals surface area contributed by atoms with E-state index in [1.807, 2.05) is 0 Å². The highest BCUT2D eigenvalue weighted by Crippen LogP contribution is 1.92. The fourth-order valence-electron chi connectivity index (χ4n) is 0.994. The van der Waals surface area contributed by atoms with E-state index in [1.165, 1.54) is 31.0 Å². The van der Waals surface area contributed by atoms with Crippen LogP contribution in [0.3, 0.4) is 0 Å². The first-order chi connectivity index (χ1) is 6.67. The molecule has 0 radical (unpaired) electrons. The third-order valence-corrected chi connectivity index (χ3v) is 1.77. The number of methoxy groups -OCH3 is 2. The minimum Gasteiger partial charge on any atom is -0.354 e. The first kappa shape index (κ1) is 10.7. The van der Waals surface area contributed by atoms with Crippen LogP contribution in [-0.4, -0.2) is 30.1 Å². The number of H-pyrrole nitrogens is 1. The van der Waals surface area contributed by atoms with Gasteiger partial charge in [0.15, 0.2) is 6.29 Å². The molecule has 14 heavy (non-hydrogen) atoms. The normalized spacial score (nSPS) is 10.8. The van der Waals surface area contributed by atoms with Crippen LogP contribution in [0.25, 0.3) is 0 Å². The van der Waals surface area contributed by atoms with Crippen LogP contribution in [0.4, 0.5) is 0 Å². The van der Waals surface area contributed by atoms with Crippen molar-refractivity contribution in [2.24, 2.45) is 0 Å². The van der Waals surface area contributed by atoms with Crippen LogP contribution in [0.2, 0.25) is 0 Å². The molecule has 0 aromatic carbocycles. The molecule has 0 spiro atoms. The van der Waals surface area contributed by atoms with Crippen molar-refractivity contribution >= 4 is 0 Å². The monoisotopic (exact) mass is 200 g/mol. The van der Waals surface area contributed by atoms with Crippen LogP contribution in [0.5, 0.6) is 0 Å². The molecule has 0 aliphatic heterocycles. The summed E-state index contributed by atoms with van der Waals surface area (Å²) in [7, 11) is 2.95. The summed E-state index contributed by atoms with van der Waals surface area (Å²) < 4.78 is 11.1. The van der Waals surface area contributed by atoms with Crippen LogP contribution in [0.15, 0.2) is 21.9 Å². The molecule has 1 N–H and O–H groups in total. The van der Waals surface area contributed by atoms with Gasteiger partial charge < -0.3 is 9.47 Å². The van der Waals surface area contributed by atoms with E-state index in [4.69, 9.17) is 9.47 Å². The van der Waals surface area contributed by atoms with Crippen molar-refractivity contribution in [2.45, 2.75) is 12.8 Å². The molecule has 0 bridgehead atoms. The summed E-state index contributed by atoms with van der Waals surface area (Å²) in [6.45, 7) is 0.239. The van der Waals surface area contributed by atoms with E-state index in [-0.39, 0.29) is 6.54 Å². The van der Waals surface area contributed by atoms with Gasteiger partial charge in [0.05, 0.1) is 6.54 Å². The van der Waals surface area contributed by atoms with Gasteiger partial charge in [-0.25, -0.2) is 4.79 Å². The average molecular weight is 200 g/mol. The van der Waals surface area contributed by atoms with E-state index in [0.717, 1.165) is 0 Å². The predicted molar refractivity (Wildman–Crippen MR) is 49.1 cm³/mol. The van der Waals surface area contributed by atoms with Gasteiger partial charge in [0.1, 0.15) is 0 Å². The minimum atomic E-state index is -0.501. The quantitative estimate of drug-likeness (QED) is 0.643. The Balaban J connectivity index is 2.86. The molecule has 6 heteroatoms. The maximum atomic E-state index is 11.2. The van der Waals surface area contributed by atoms with E-state index in [0.29, 0.717) is 0 Å². The number of hydrogen-bond donors (Lipinski definition) is 1. The molecule has 0 unspecified atom stereocenters. The minimum absolute atomic E-state index is 0.239. The fraction of sp³-hybridized carbons (Fsp3) is 0.500. The standard InChI is InChI=1S/C8H12N2O4/c1-13-7(14-2)5-10-4-3-6(11)9-8(10)12/h3-4,7H,5H2,1-2H3,(H,9,11,12). The van der Waals surface area contributed by atoms with Crippen molar-refractivity contribution in [1.29, 1.82) is 0 Å². The second kappa shape index (κ2) is 4.73. The lowest BCUT2D eigenvalue weighted by molar-refractivity contribution is -0.111. The summed E-state index contributed by atoms with van der Waals surface area (Å²) in [6, 6.07) is 1.27. The van der Waals surface area contributed by atoms with E-state index >= 15 is 0 Å². The molecular formula is C8H12N2O4. The zero-order chi connectivity index (χ0) is 10.6. The molecule has 0 atom stereocenters. The topological polar surface area (TPSA) is 73.3 Å².